The van der Waals surface area contributed by atoms with Crippen LogP contribution in [0.25, 0.3) is 0 Å². The van der Waals surface area contributed by atoms with Gasteiger partial charge in [0.25, 0.3) is 0 Å². The fourth-order valence-electron chi connectivity index (χ4n) is 2.50. The van der Waals surface area contributed by atoms with Gasteiger partial charge in [-0.25, -0.2) is 4.79 Å². The van der Waals surface area contributed by atoms with E-state index in [0.717, 1.165) is 23.2 Å². The highest BCUT2D eigenvalue weighted by atomic mass is 16.3. The zero-order valence-corrected chi connectivity index (χ0v) is 14.4. The van der Waals surface area contributed by atoms with Crippen molar-refractivity contribution in [3.63, 3.8) is 0 Å². The lowest BCUT2D eigenvalue weighted by atomic mass is 9.93. The Morgan fingerprint density at radius 3 is 2.14 bits per heavy atom. The Morgan fingerprint density at radius 2 is 1.68 bits per heavy atom. The standard InChI is InChI=1S/C18H30N2O2/c1-6-8-14(21)11-19-18(22)20-17-15(12(2)3)9-7-10-16(17)13(4)5/h7,9-10,12-14,21H,6,8,11H2,1-5H3,(H2,19,20,22). The van der Waals surface area contributed by atoms with E-state index in [0.29, 0.717) is 18.3 Å². The number of hydrogen-bond donors (Lipinski definition) is 3. The smallest absolute Gasteiger partial charge is 0.319 e. The van der Waals surface area contributed by atoms with E-state index in [1.807, 2.05) is 13.0 Å². The predicted octanol–water partition coefficient (Wildman–Crippen LogP) is 4.22. The fourth-order valence-corrected chi connectivity index (χ4v) is 2.50. The second kappa shape index (κ2) is 8.79. The number of carbonyl (C=O) groups excluding carboxylic acids is 1. The number of urea groups is 1. The molecule has 1 unspecified atom stereocenters. The Hall–Kier alpha value is -1.55. The van der Waals surface area contributed by atoms with Crippen LogP contribution in [0, 0.1) is 0 Å². The number of para-hydroxylation sites is 1. The highest BCUT2D eigenvalue weighted by molar-refractivity contribution is 5.91. The average Bonchev–Trinajstić information content (AvgIpc) is 2.45. The molecule has 0 bridgehead atoms. The minimum atomic E-state index is -0.485. The summed E-state index contributed by atoms with van der Waals surface area (Å²) in [7, 11) is 0. The third kappa shape index (κ3) is 5.34. The van der Waals surface area contributed by atoms with Crippen LogP contribution in [-0.2, 0) is 0 Å². The van der Waals surface area contributed by atoms with Crippen molar-refractivity contribution < 1.29 is 9.90 Å². The van der Waals surface area contributed by atoms with Gasteiger partial charge < -0.3 is 15.7 Å². The molecule has 1 atom stereocenters. The first-order chi connectivity index (χ1) is 10.4. The molecule has 3 N–H and O–H groups in total. The van der Waals surface area contributed by atoms with Crippen molar-refractivity contribution in [2.24, 2.45) is 0 Å². The van der Waals surface area contributed by atoms with Crippen LogP contribution in [-0.4, -0.2) is 23.8 Å². The van der Waals surface area contributed by atoms with Gasteiger partial charge in [0.15, 0.2) is 0 Å². The lowest BCUT2D eigenvalue weighted by Crippen LogP contribution is -2.35. The van der Waals surface area contributed by atoms with Crippen LogP contribution in [0.2, 0.25) is 0 Å². The van der Waals surface area contributed by atoms with Gasteiger partial charge in [-0.05, 0) is 29.4 Å². The van der Waals surface area contributed by atoms with Gasteiger partial charge in [0.2, 0.25) is 0 Å². The summed E-state index contributed by atoms with van der Waals surface area (Å²) in [6.45, 7) is 10.8. The van der Waals surface area contributed by atoms with Gasteiger partial charge in [-0.2, -0.15) is 0 Å². The van der Waals surface area contributed by atoms with E-state index in [-0.39, 0.29) is 12.6 Å². The van der Waals surface area contributed by atoms with Gasteiger partial charge in [-0.1, -0.05) is 59.2 Å². The Balaban J connectivity index is 2.84. The van der Waals surface area contributed by atoms with Crippen molar-refractivity contribution >= 4 is 11.7 Å². The number of aliphatic hydroxyl groups is 1. The van der Waals surface area contributed by atoms with Crippen LogP contribution in [0.3, 0.4) is 0 Å². The Labute approximate surface area is 134 Å². The molecule has 0 radical (unpaired) electrons. The lowest BCUT2D eigenvalue weighted by molar-refractivity contribution is 0.162. The van der Waals surface area contributed by atoms with Crippen LogP contribution in [0.1, 0.15) is 70.4 Å². The van der Waals surface area contributed by atoms with E-state index in [1.54, 1.807) is 0 Å². The molecule has 0 spiro atoms. The fraction of sp³-hybridized carbons (Fsp3) is 0.611. The average molecular weight is 306 g/mol. The van der Waals surface area contributed by atoms with Crippen molar-refractivity contribution in [3.05, 3.63) is 29.3 Å². The second-order valence-electron chi connectivity index (χ2n) is 6.40. The number of rotatable bonds is 7. The number of nitrogens with one attached hydrogen (secondary N) is 2. The summed E-state index contributed by atoms with van der Waals surface area (Å²) >= 11 is 0. The minimum Gasteiger partial charge on any atom is -0.391 e. The molecule has 0 heterocycles. The molecule has 2 amide bonds. The summed E-state index contributed by atoms with van der Waals surface area (Å²) in [6.07, 6.45) is 1.11. The SMILES string of the molecule is CCCC(O)CNC(=O)Nc1c(C(C)C)cccc1C(C)C. The molecular formula is C18H30N2O2. The molecule has 0 aliphatic heterocycles. The van der Waals surface area contributed by atoms with E-state index in [9.17, 15) is 9.90 Å². The van der Waals surface area contributed by atoms with Gasteiger partial charge in [0, 0.05) is 12.2 Å². The molecular weight excluding hydrogens is 276 g/mol. The number of carbonyl (C=O) groups is 1. The molecule has 1 rings (SSSR count). The summed E-state index contributed by atoms with van der Waals surface area (Å²) in [5, 5.41) is 15.4. The molecule has 0 saturated heterocycles. The third-order valence-corrected chi connectivity index (χ3v) is 3.73. The van der Waals surface area contributed by atoms with Crippen molar-refractivity contribution in [3.8, 4) is 0 Å². The van der Waals surface area contributed by atoms with Crippen LogP contribution in [0.5, 0.6) is 0 Å². The van der Waals surface area contributed by atoms with Crippen molar-refractivity contribution in [1.29, 1.82) is 0 Å². The maximum atomic E-state index is 12.1. The van der Waals surface area contributed by atoms with Crippen molar-refractivity contribution in [2.45, 2.75) is 65.4 Å². The largest absolute Gasteiger partial charge is 0.391 e. The first kappa shape index (κ1) is 18.5. The molecule has 0 aromatic heterocycles. The molecule has 0 aliphatic carbocycles. The quantitative estimate of drug-likeness (QED) is 0.706. The zero-order valence-electron chi connectivity index (χ0n) is 14.4. The first-order valence-electron chi connectivity index (χ1n) is 8.22. The van der Waals surface area contributed by atoms with Gasteiger partial charge in [-0.3, -0.25) is 0 Å². The topological polar surface area (TPSA) is 61.4 Å². The van der Waals surface area contributed by atoms with Gasteiger partial charge in [0.05, 0.1) is 6.10 Å². The summed E-state index contributed by atoms with van der Waals surface area (Å²) in [5.41, 5.74) is 3.17. The van der Waals surface area contributed by atoms with E-state index >= 15 is 0 Å². The first-order valence-corrected chi connectivity index (χ1v) is 8.22. The third-order valence-electron chi connectivity index (χ3n) is 3.73. The molecule has 0 saturated carbocycles. The molecule has 4 nitrogen and oxygen atoms in total. The zero-order chi connectivity index (χ0) is 16.7. The number of hydrogen-bond acceptors (Lipinski definition) is 2. The molecule has 1 aromatic rings. The summed E-state index contributed by atoms with van der Waals surface area (Å²) in [6, 6.07) is 5.89. The Morgan fingerprint density at radius 1 is 1.14 bits per heavy atom. The van der Waals surface area contributed by atoms with Crippen LogP contribution < -0.4 is 10.6 Å². The number of amides is 2. The highest BCUT2D eigenvalue weighted by Gasteiger charge is 2.16. The number of benzene rings is 1. The molecule has 4 heteroatoms. The van der Waals surface area contributed by atoms with E-state index in [2.05, 4.69) is 50.5 Å². The molecule has 0 aliphatic rings. The predicted molar refractivity (Wildman–Crippen MR) is 92.6 cm³/mol. The minimum absolute atomic E-state index is 0.259. The van der Waals surface area contributed by atoms with Crippen molar-refractivity contribution in [1.82, 2.24) is 5.32 Å². The Bertz CT molecular complexity index is 458. The van der Waals surface area contributed by atoms with Crippen LogP contribution >= 0.6 is 0 Å². The van der Waals surface area contributed by atoms with Gasteiger partial charge in [0.1, 0.15) is 0 Å². The van der Waals surface area contributed by atoms with Crippen LogP contribution in [0.15, 0.2) is 18.2 Å². The van der Waals surface area contributed by atoms with Gasteiger partial charge >= 0.3 is 6.03 Å². The maximum Gasteiger partial charge on any atom is 0.319 e. The molecule has 22 heavy (non-hydrogen) atoms. The summed E-state index contributed by atoms with van der Waals surface area (Å²) in [5.74, 6) is 0.666. The molecule has 124 valence electrons. The second-order valence-corrected chi connectivity index (χ2v) is 6.40. The van der Waals surface area contributed by atoms with E-state index in [1.165, 1.54) is 0 Å². The Kier molecular flexibility index (Phi) is 7.39. The van der Waals surface area contributed by atoms with E-state index < -0.39 is 6.10 Å². The maximum absolute atomic E-state index is 12.1. The monoisotopic (exact) mass is 306 g/mol. The van der Waals surface area contributed by atoms with E-state index in [4.69, 9.17) is 0 Å². The summed E-state index contributed by atoms with van der Waals surface area (Å²) in [4.78, 5) is 12.1. The van der Waals surface area contributed by atoms with Gasteiger partial charge in [-0.15, -0.1) is 0 Å². The number of anilines is 1. The lowest BCUT2D eigenvalue weighted by Gasteiger charge is -2.20. The molecule has 0 fully saturated rings. The number of aliphatic hydroxyl groups excluding tert-OH is 1. The van der Waals surface area contributed by atoms with Crippen LogP contribution in [0.4, 0.5) is 10.5 Å². The molecule has 1 aromatic carbocycles. The summed E-state index contributed by atoms with van der Waals surface area (Å²) < 4.78 is 0. The normalized spacial score (nSPS) is 12.5. The van der Waals surface area contributed by atoms with Crippen molar-refractivity contribution in [2.75, 3.05) is 11.9 Å². The highest BCUT2D eigenvalue weighted by Crippen LogP contribution is 2.32.